The van der Waals surface area contributed by atoms with Crippen LogP contribution in [0.25, 0.3) is 21.8 Å². The molecule has 10 heteroatoms. The Morgan fingerprint density at radius 1 is 0.619 bits per heavy atom. The average molecular weight is 833 g/mol. The van der Waals surface area contributed by atoms with Gasteiger partial charge in [-0.2, -0.15) is 0 Å². The zero-order valence-corrected chi connectivity index (χ0v) is 34.5. The Balaban J connectivity index is 0.000000161. The number of esters is 1. The van der Waals surface area contributed by atoms with E-state index in [-0.39, 0.29) is 30.0 Å². The fraction of sp³-hybridized carbons (Fsp3) is 0.170. The lowest BCUT2D eigenvalue weighted by molar-refractivity contribution is 0.0547. The van der Waals surface area contributed by atoms with Crippen molar-refractivity contribution in [2.45, 2.75) is 50.4 Å². The largest absolute Gasteiger partial charge is 0.478 e. The molecular formula is C53H44N4O6. The van der Waals surface area contributed by atoms with Crippen molar-refractivity contribution in [2.75, 3.05) is 6.61 Å². The van der Waals surface area contributed by atoms with Gasteiger partial charge in [-0.05, 0) is 133 Å². The summed E-state index contributed by atoms with van der Waals surface area (Å²) in [6, 6.07) is 37.7. The molecule has 10 nitrogen and oxygen atoms in total. The number of aromatic carboxylic acids is 1. The summed E-state index contributed by atoms with van der Waals surface area (Å²) >= 11 is 0. The first-order valence-corrected chi connectivity index (χ1v) is 21.1. The first-order valence-electron chi connectivity index (χ1n) is 21.1. The Hall–Kier alpha value is -7.72. The number of hydrogen-bond donors (Lipinski definition) is 1. The Labute approximate surface area is 364 Å². The quantitative estimate of drug-likeness (QED) is 0.0950. The third kappa shape index (κ3) is 9.02. The van der Waals surface area contributed by atoms with Crippen LogP contribution in [0.3, 0.4) is 0 Å². The number of benzene rings is 4. The number of pyridine rings is 2. The fourth-order valence-electron chi connectivity index (χ4n) is 7.94. The van der Waals surface area contributed by atoms with Crippen molar-refractivity contribution in [3.8, 4) is 0 Å². The van der Waals surface area contributed by atoms with Gasteiger partial charge in [-0.3, -0.25) is 28.7 Å². The Morgan fingerprint density at radius 2 is 1.08 bits per heavy atom. The Kier molecular flexibility index (Phi) is 11.4. The van der Waals surface area contributed by atoms with E-state index in [1.54, 1.807) is 45.8 Å². The van der Waals surface area contributed by atoms with Gasteiger partial charge in [0.05, 0.1) is 33.5 Å². The Morgan fingerprint density at radius 3 is 1.52 bits per heavy atom. The highest BCUT2D eigenvalue weighted by molar-refractivity contribution is 6.03. The number of carboxylic acids is 1. The van der Waals surface area contributed by atoms with Gasteiger partial charge >= 0.3 is 11.9 Å². The van der Waals surface area contributed by atoms with E-state index in [2.05, 4.69) is 16.5 Å². The zero-order chi connectivity index (χ0) is 43.5. The topological polar surface area (TPSA) is 133 Å². The second-order valence-corrected chi connectivity index (χ2v) is 16.1. The van der Waals surface area contributed by atoms with Crippen LogP contribution in [0.2, 0.25) is 0 Å². The predicted molar refractivity (Wildman–Crippen MR) is 242 cm³/mol. The average Bonchev–Trinajstić information content (AvgIpc) is 4.26. The number of carbonyl (C=O) groups is 4. The molecule has 0 atom stereocenters. The van der Waals surface area contributed by atoms with Gasteiger partial charge in [0.1, 0.15) is 6.61 Å². The molecule has 2 aliphatic carbocycles. The monoisotopic (exact) mass is 832 g/mol. The van der Waals surface area contributed by atoms with Gasteiger partial charge in [-0.15, -0.1) is 0 Å². The van der Waals surface area contributed by atoms with Crippen molar-refractivity contribution in [3.63, 3.8) is 0 Å². The molecule has 0 aliphatic heterocycles. The summed E-state index contributed by atoms with van der Waals surface area (Å²) in [6.45, 7) is 3.78. The van der Waals surface area contributed by atoms with Crippen molar-refractivity contribution < 1.29 is 29.0 Å². The number of nitrogens with zero attached hydrogens (tertiary/aromatic N) is 4. The van der Waals surface area contributed by atoms with Crippen molar-refractivity contribution in [1.29, 1.82) is 0 Å². The van der Waals surface area contributed by atoms with Gasteiger partial charge in [0.25, 0.3) is 11.8 Å². The van der Waals surface area contributed by atoms with Crippen LogP contribution in [-0.4, -0.2) is 54.6 Å². The van der Waals surface area contributed by atoms with E-state index in [1.807, 2.05) is 116 Å². The summed E-state index contributed by atoms with van der Waals surface area (Å²) < 4.78 is 8.62. The van der Waals surface area contributed by atoms with E-state index in [0.29, 0.717) is 52.8 Å². The van der Waals surface area contributed by atoms with Gasteiger partial charge in [0.2, 0.25) is 0 Å². The second-order valence-electron chi connectivity index (χ2n) is 16.1. The molecule has 63 heavy (non-hydrogen) atoms. The van der Waals surface area contributed by atoms with Gasteiger partial charge in [-0.1, -0.05) is 61.2 Å². The van der Waals surface area contributed by atoms with Crippen LogP contribution in [0.15, 0.2) is 159 Å². The number of fused-ring (bicyclic) bond motifs is 2. The van der Waals surface area contributed by atoms with Crippen LogP contribution in [0.1, 0.15) is 113 Å². The minimum absolute atomic E-state index is 0.0667. The first-order chi connectivity index (χ1) is 30.7. The van der Waals surface area contributed by atoms with Crippen LogP contribution in [0.5, 0.6) is 0 Å². The number of hydrogen-bond acceptors (Lipinski definition) is 7. The molecule has 4 aromatic heterocycles. The molecule has 2 saturated carbocycles. The van der Waals surface area contributed by atoms with E-state index in [9.17, 15) is 24.3 Å². The van der Waals surface area contributed by atoms with Crippen LogP contribution >= 0.6 is 0 Å². The number of carbonyl (C=O) groups excluding carboxylic acids is 3. The van der Waals surface area contributed by atoms with Gasteiger partial charge < -0.3 is 9.84 Å². The first kappa shape index (κ1) is 40.7. The number of aromatic nitrogens is 4. The lowest BCUT2D eigenvalue weighted by atomic mass is 10.0. The molecule has 2 aliphatic rings. The molecule has 0 saturated heterocycles. The molecule has 0 spiro atoms. The third-order valence-corrected chi connectivity index (χ3v) is 11.6. The molecule has 4 aromatic carbocycles. The predicted octanol–water partition coefficient (Wildman–Crippen LogP) is 10.4. The molecule has 0 amide bonds. The standard InChI is InChI=1S/C28H24N2O3.C25H20N2O3/c1-2-14-33-28(32)24-17-23(20-9-10-20)18-29-25(24)16-19-8-11-26-22(15-19)12-13-30(26)27(31)21-6-4-3-5-7-21;28-24(18-4-2-1-3-5-18)27-11-10-19-12-16(6-9-23(19)27)13-22-21(25(29)30)14-20(15-26-22)17-7-8-17/h2-8,11-13,15,17-18,20H,1,9-10,14,16H2;1-6,9-12,14-15,17H,7-8,13H2,(H,29,30). The molecule has 0 radical (unpaired) electrons. The minimum Gasteiger partial charge on any atom is -0.478 e. The van der Waals surface area contributed by atoms with Gasteiger partial charge in [0, 0.05) is 59.5 Å². The maximum absolute atomic E-state index is 12.9. The number of ether oxygens (including phenoxy) is 1. The van der Waals surface area contributed by atoms with Crippen molar-refractivity contribution in [1.82, 2.24) is 19.1 Å². The summed E-state index contributed by atoms with van der Waals surface area (Å²) in [5.41, 5.74) is 9.05. The molecule has 10 rings (SSSR count). The highest BCUT2D eigenvalue weighted by Crippen LogP contribution is 2.41. The molecule has 0 unspecified atom stereocenters. The zero-order valence-electron chi connectivity index (χ0n) is 34.5. The summed E-state index contributed by atoms with van der Waals surface area (Å²) in [7, 11) is 0. The lowest BCUT2D eigenvalue weighted by Crippen LogP contribution is -2.11. The number of carboxylic acid groups (broad SMARTS) is 1. The molecule has 0 bridgehead atoms. The van der Waals surface area contributed by atoms with Crippen LogP contribution in [-0.2, 0) is 17.6 Å². The van der Waals surface area contributed by atoms with Gasteiger partial charge in [0.15, 0.2) is 0 Å². The van der Waals surface area contributed by atoms with E-state index in [0.717, 1.165) is 69.7 Å². The molecule has 1 N–H and O–H groups in total. The van der Waals surface area contributed by atoms with Crippen molar-refractivity contribution >= 4 is 45.6 Å². The molecule has 4 heterocycles. The smallest absolute Gasteiger partial charge is 0.340 e. The molecule has 8 aromatic rings. The van der Waals surface area contributed by atoms with E-state index in [4.69, 9.17) is 4.74 Å². The Bertz CT molecular complexity index is 3030. The molecular weight excluding hydrogens is 789 g/mol. The SMILES string of the molecule is C=CCOC(=O)c1cc(C2CC2)cnc1Cc1ccc2c(ccn2C(=O)c2ccccc2)c1.O=C(O)c1cc(C2CC2)cnc1Cc1ccc2c(ccn2C(=O)c2ccccc2)c1. The third-order valence-electron chi connectivity index (χ3n) is 11.6. The maximum atomic E-state index is 12.9. The minimum atomic E-state index is -0.944. The van der Waals surface area contributed by atoms with E-state index in [1.165, 1.54) is 0 Å². The van der Waals surface area contributed by atoms with Gasteiger partial charge in [-0.25, -0.2) is 9.59 Å². The summed E-state index contributed by atoms with van der Waals surface area (Å²) in [4.78, 5) is 59.2. The van der Waals surface area contributed by atoms with Crippen LogP contribution < -0.4 is 0 Å². The van der Waals surface area contributed by atoms with E-state index >= 15 is 0 Å². The lowest BCUT2D eigenvalue weighted by Gasteiger charge is -2.11. The molecule has 2 fully saturated rings. The summed E-state index contributed by atoms with van der Waals surface area (Å²) in [5, 5.41) is 11.5. The number of rotatable bonds is 12. The normalized spacial score (nSPS) is 13.3. The van der Waals surface area contributed by atoms with Crippen molar-refractivity contribution in [3.05, 3.63) is 215 Å². The highest BCUT2D eigenvalue weighted by atomic mass is 16.5. The van der Waals surface area contributed by atoms with E-state index < -0.39 is 5.97 Å². The van der Waals surface area contributed by atoms with Crippen LogP contribution in [0, 0.1) is 0 Å². The fourth-order valence-corrected chi connectivity index (χ4v) is 7.94. The summed E-state index contributed by atoms with van der Waals surface area (Å²) in [5.74, 6) is -0.508. The summed E-state index contributed by atoms with van der Waals surface area (Å²) in [6.07, 6.45) is 14.2. The van der Waals surface area contributed by atoms with Crippen LogP contribution in [0.4, 0.5) is 0 Å². The highest BCUT2D eigenvalue weighted by Gasteiger charge is 2.27. The van der Waals surface area contributed by atoms with Crippen molar-refractivity contribution in [2.24, 2.45) is 0 Å². The molecule has 312 valence electrons. The second kappa shape index (κ2) is 17.7. The maximum Gasteiger partial charge on any atom is 0.340 e.